The lowest BCUT2D eigenvalue weighted by Gasteiger charge is -2.23. The van der Waals surface area contributed by atoms with E-state index < -0.39 is 18.4 Å². The van der Waals surface area contributed by atoms with E-state index in [0.717, 1.165) is 0 Å². The average molecular weight is 136 g/mol. The molecule has 0 aromatic heterocycles. The van der Waals surface area contributed by atoms with E-state index in [1.165, 1.54) is 0 Å². The van der Waals surface area contributed by atoms with Gasteiger partial charge in [-0.3, -0.25) is 0 Å². The second-order valence-electron chi connectivity index (χ2n) is 2.50. The van der Waals surface area contributed by atoms with Crippen molar-refractivity contribution in [3.8, 4) is 0 Å². The topological polar surface area (TPSA) is 20.2 Å². The molecule has 0 radical (unpaired) electrons. The summed E-state index contributed by atoms with van der Waals surface area (Å²) >= 11 is 0. The van der Waals surface area contributed by atoms with Crippen molar-refractivity contribution in [3.63, 3.8) is 0 Å². The van der Waals surface area contributed by atoms with Crippen molar-refractivity contribution in [1.82, 2.24) is 0 Å². The summed E-state index contributed by atoms with van der Waals surface area (Å²) in [6, 6.07) is 0. The number of halogens is 2. The molecule has 9 heavy (non-hydrogen) atoms. The van der Waals surface area contributed by atoms with Crippen molar-refractivity contribution in [2.24, 2.45) is 0 Å². The van der Waals surface area contributed by atoms with Crippen LogP contribution in [0.5, 0.6) is 0 Å². The maximum Gasteiger partial charge on any atom is 0.134 e. The standard InChI is InChI=1S/C6H10F2O/c7-5-2-1-4(9)3-6(5)8/h4-6,9H,1-3H2/t4?,5-,6+/m1/s1. The fourth-order valence-corrected chi connectivity index (χ4v) is 1.06. The van der Waals surface area contributed by atoms with Gasteiger partial charge in [0.05, 0.1) is 6.10 Å². The maximum absolute atomic E-state index is 12.3. The molecule has 1 unspecified atom stereocenters. The first-order valence-corrected chi connectivity index (χ1v) is 3.16. The van der Waals surface area contributed by atoms with E-state index >= 15 is 0 Å². The van der Waals surface area contributed by atoms with Gasteiger partial charge in [0.15, 0.2) is 0 Å². The van der Waals surface area contributed by atoms with Crippen LogP contribution in [0.15, 0.2) is 0 Å². The number of hydrogen-bond acceptors (Lipinski definition) is 1. The summed E-state index contributed by atoms with van der Waals surface area (Å²) in [5.74, 6) is 0. The zero-order valence-electron chi connectivity index (χ0n) is 5.06. The Hall–Kier alpha value is -0.180. The number of aliphatic hydroxyl groups is 1. The third kappa shape index (κ3) is 1.61. The SMILES string of the molecule is OC1CC[C@@H](F)[C@@H](F)C1. The lowest BCUT2D eigenvalue weighted by atomic mass is 9.95. The normalized spacial score (nSPS) is 45.0. The first-order valence-electron chi connectivity index (χ1n) is 3.16. The lowest BCUT2D eigenvalue weighted by molar-refractivity contribution is 0.0315. The van der Waals surface area contributed by atoms with Crippen molar-refractivity contribution < 1.29 is 13.9 Å². The van der Waals surface area contributed by atoms with E-state index in [0.29, 0.717) is 6.42 Å². The van der Waals surface area contributed by atoms with Crippen LogP contribution in [0.1, 0.15) is 19.3 Å². The van der Waals surface area contributed by atoms with Gasteiger partial charge < -0.3 is 5.11 Å². The Labute approximate surface area is 52.7 Å². The van der Waals surface area contributed by atoms with Crippen LogP contribution in [0.3, 0.4) is 0 Å². The van der Waals surface area contributed by atoms with Gasteiger partial charge in [0.1, 0.15) is 12.3 Å². The summed E-state index contributed by atoms with van der Waals surface area (Å²) in [5.41, 5.74) is 0. The molecular formula is C6H10F2O. The Kier molecular flexibility index (Phi) is 2.01. The molecule has 1 aliphatic carbocycles. The van der Waals surface area contributed by atoms with Gasteiger partial charge in [-0.05, 0) is 12.8 Å². The van der Waals surface area contributed by atoms with Crippen LogP contribution in [-0.2, 0) is 0 Å². The molecule has 54 valence electrons. The fourth-order valence-electron chi connectivity index (χ4n) is 1.06. The summed E-state index contributed by atoms with van der Waals surface area (Å²) in [6.07, 6.45) is -2.85. The Balaban J connectivity index is 2.35. The van der Waals surface area contributed by atoms with Gasteiger partial charge in [-0.2, -0.15) is 0 Å². The van der Waals surface area contributed by atoms with Crippen molar-refractivity contribution in [3.05, 3.63) is 0 Å². The lowest BCUT2D eigenvalue weighted by Crippen LogP contribution is -2.30. The van der Waals surface area contributed by atoms with E-state index in [4.69, 9.17) is 5.11 Å². The van der Waals surface area contributed by atoms with Crippen LogP contribution in [0.25, 0.3) is 0 Å². The van der Waals surface area contributed by atoms with Crippen LogP contribution in [0.2, 0.25) is 0 Å². The summed E-state index contributed by atoms with van der Waals surface area (Å²) in [7, 11) is 0. The van der Waals surface area contributed by atoms with Gasteiger partial charge in [-0.1, -0.05) is 0 Å². The molecule has 1 nitrogen and oxygen atoms in total. The number of rotatable bonds is 0. The minimum atomic E-state index is -1.44. The van der Waals surface area contributed by atoms with Crippen LogP contribution in [-0.4, -0.2) is 23.6 Å². The molecule has 0 spiro atoms. The highest BCUT2D eigenvalue weighted by Crippen LogP contribution is 2.23. The first-order chi connectivity index (χ1) is 4.20. The summed E-state index contributed by atoms with van der Waals surface area (Å²) in [4.78, 5) is 0. The average Bonchev–Trinajstić information content (AvgIpc) is 1.80. The van der Waals surface area contributed by atoms with E-state index in [-0.39, 0.29) is 12.8 Å². The third-order valence-corrected chi connectivity index (χ3v) is 1.67. The molecular weight excluding hydrogens is 126 g/mol. The highest BCUT2D eigenvalue weighted by molar-refractivity contribution is 4.78. The summed E-state index contributed by atoms with van der Waals surface area (Å²) in [5, 5.41) is 8.79. The zero-order chi connectivity index (χ0) is 6.85. The molecule has 1 saturated carbocycles. The predicted molar refractivity (Wildman–Crippen MR) is 29.6 cm³/mol. The summed E-state index contributed by atoms with van der Waals surface area (Å²) < 4.78 is 24.6. The molecule has 0 amide bonds. The Morgan fingerprint density at radius 2 is 1.78 bits per heavy atom. The monoisotopic (exact) mass is 136 g/mol. The van der Waals surface area contributed by atoms with E-state index in [1.807, 2.05) is 0 Å². The molecule has 1 fully saturated rings. The third-order valence-electron chi connectivity index (χ3n) is 1.67. The second-order valence-corrected chi connectivity index (χ2v) is 2.50. The molecule has 0 aliphatic heterocycles. The van der Waals surface area contributed by atoms with Crippen molar-refractivity contribution in [2.45, 2.75) is 37.7 Å². The molecule has 3 atom stereocenters. The van der Waals surface area contributed by atoms with E-state index in [1.54, 1.807) is 0 Å². The molecule has 0 bridgehead atoms. The van der Waals surface area contributed by atoms with E-state index in [9.17, 15) is 8.78 Å². The fraction of sp³-hybridized carbons (Fsp3) is 1.00. The molecule has 3 heteroatoms. The van der Waals surface area contributed by atoms with Crippen molar-refractivity contribution in [1.29, 1.82) is 0 Å². The molecule has 0 aromatic rings. The first kappa shape index (κ1) is 6.93. The Bertz CT molecular complexity index is 97.1. The van der Waals surface area contributed by atoms with Gasteiger partial charge in [-0.25, -0.2) is 8.78 Å². The minimum Gasteiger partial charge on any atom is -0.393 e. The minimum absolute atomic E-state index is 0.0266. The van der Waals surface area contributed by atoms with Crippen molar-refractivity contribution >= 4 is 0 Å². The molecule has 0 heterocycles. The number of alkyl halides is 2. The molecule has 1 aliphatic rings. The summed E-state index contributed by atoms with van der Waals surface area (Å²) in [6.45, 7) is 0. The van der Waals surface area contributed by atoms with Gasteiger partial charge in [0.2, 0.25) is 0 Å². The van der Waals surface area contributed by atoms with Crippen LogP contribution in [0.4, 0.5) is 8.78 Å². The maximum atomic E-state index is 12.3. The number of hydrogen-bond donors (Lipinski definition) is 1. The smallest absolute Gasteiger partial charge is 0.134 e. The number of aliphatic hydroxyl groups excluding tert-OH is 1. The Morgan fingerprint density at radius 1 is 1.11 bits per heavy atom. The van der Waals surface area contributed by atoms with Gasteiger partial charge in [-0.15, -0.1) is 0 Å². The molecule has 0 aromatic carbocycles. The predicted octanol–water partition coefficient (Wildman–Crippen LogP) is 1.21. The van der Waals surface area contributed by atoms with Crippen LogP contribution in [0, 0.1) is 0 Å². The van der Waals surface area contributed by atoms with Gasteiger partial charge >= 0.3 is 0 Å². The quantitative estimate of drug-likeness (QED) is 0.530. The molecule has 1 rings (SSSR count). The van der Waals surface area contributed by atoms with Gasteiger partial charge in [0.25, 0.3) is 0 Å². The van der Waals surface area contributed by atoms with Gasteiger partial charge in [0, 0.05) is 6.42 Å². The molecule has 0 saturated heterocycles. The second kappa shape index (κ2) is 2.60. The van der Waals surface area contributed by atoms with E-state index in [2.05, 4.69) is 0 Å². The zero-order valence-corrected chi connectivity index (χ0v) is 5.06. The molecule has 1 N–H and O–H groups in total. The van der Waals surface area contributed by atoms with Crippen LogP contribution >= 0.6 is 0 Å². The van der Waals surface area contributed by atoms with Crippen molar-refractivity contribution in [2.75, 3.05) is 0 Å². The van der Waals surface area contributed by atoms with Crippen LogP contribution < -0.4 is 0 Å². The Morgan fingerprint density at radius 3 is 2.22 bits per heavy atom. The largest absolute Gasteiger partial charge is 0.393 e. The highest BCUT2D eigenvalue weighted by atomic mass is 19.2. The highest BCUT2D eigenvalue weighted by Gasteiger charge is 2.28.